The lowest BCUT2D eigenvalue weighted by Gasteiger charge is -2.26. The minimum atomic E-state index is -0.139. The first kappa shape index (κ1) is 25.0. The molecule has 6 nitrogen and oxygen atoms in total. The van der Waals surface area contributed by atoms with Crippen molar-refractivity contribution in [2.75, 3.05) is 26.2 Å². The number of allylic oxidation sites excluding steroid dienone is 3. The topological polar surface area (TPSA) is 71.0 Å². The Morgan fingerprint density at radius 2 is 1.82 bits per heavy atom. The Labute approximate surface area is 201 Å². The van der Waals surface area contributed by atoms with E-state index in [0.717, 1.165) is 61.9 Å². The van der Waals surface area contributed by atoms with Gasteiger partial charge >= 0.3 is 0 Å². The molecule has 2 heterocycles. The summed E-state index contributed by atoms with van der Waals surface area (Å²) >= 11 is 6.68. The van der Waals surface area contributed by atoms with Gasteiger partial charge in [0.2, 0.25) is 0 Å². The third-order valence-corrected chi connectivity index (χ3v) is 6.50. The number of hydrogen-bond acceptors (Lipinski definition) is 4. The highest BCUT2D eigenvalue weighted by Crippen LogP contribution is 2.28. The number of oxime groups is 1. The summed E-state index contributed by atoms with van der Waals surface area (Å²) in [5.41, 5.74) is 3.72. The number of benzene rings is 1. The third kappa shape index (κ3) is 7.19. The van der Waals surface area contributed by atoms with Crippen molar-refractivity contribution >= 4 is 29.1 Å². The molecule has 0 bridgehead atoms. The molecule has 7 heteroatoms. The van der Waals surface area contributed by atoms with E-state index < -0.39 is 0 Å². The largest absolute Gasteiger partial charge is 0.385 e. The fourth-order valence-corrected chi connectivity index (χ4v) is 4.46. The lowest BCUT2D eigenvalue weighted by Crippen LogP contribution is -2.37. The second kappa shape index (κ2) is 12.6. The van der Waals surface area contributed by atoms with Crippen molar-refractivity contribution in [1.82, 2.24) is 10.2 Å². The van der Waals surface area contributed by atoms with Crippen molar-refractivity contribution < 1.29 is 14.4 Å². The van der Waals surface area contributed by atoms with Gasteiger partial charge in [-0.3, -0.25) is 9.59 Å². The molecule has 0 aromatic heterocycles. The van der Waals surface area contributed by atoms with E-state index in [-0.39, 0.29) is 18.4 Å². The zero-order valence-electron chi connectivity index (χ0n) is 19.7. The molecule has 33 heavy (non-hydrogen) atoms. The van der Waals surface area contributed by atoms with E-state index in [1.165, 1.54) is 6.42 Å². The summed E-state index contributed by atoms with van der Waals surface area (Å²) < 4.78 is 0. The van der Waals surface area contributed by atoms with Gasteiger partial charge in [-0.15, -0.1) is 0 Å². The fraction of sp³-hybridized carbons (Fsp3) is 0.500. The molecular formula is C26H34ClN3O3. The van der Waals surface area contributed by atoms with Gasteiger partial charge in [0.15, 0.2) is 6.61 Å². The highest BCUT2D eigenvalue weighted by atomic mass is 35.5. The van der Waals surface area contributed by atoms with Crippen LogP contribution in [0.5, 0.6) is 0 Å². The van der Waals surface area contributed by atoms with Crippen LogP contribution in [0.3, 0.4) is 0 Å². The van der Waals surface area contributed by atoms with Gasteiger partial charge in [0.05, 0.1) is 5.71 Å². The predicted molar refractivity (Wildman–Crippen MR) is 133 cm³/mol. The van der Waals surface area contributed by atoms with E-state index in [1.54, 1.807) is 0 Å². The molecule has 2 aliphatic heterocycles. The fourth-order valence-electron chi connectivity index (χ4n) is 4.24. The summed E-state index contributed by atoms with van der Waals surface area (Å²) in [6.07, 6.45) is 14.3. The van der Waals surface area contributed by atoms with E-state index in [9.17, 15) is 9.59 Å². The minimum Gasteiger partial charge on any atom is -0.385 e. The summed E-state index contributed by atoms with van der Waals surface area (Å²) in [6, 6.07) is 1.93. The highest BCUT2D eigenvalue weighted by molar-refractivity contribution is 6.33. The molecule has 3 rings (SSSR count). The molecule has 0 saturated carbocycles. The van der Waals surface area contributed by atoms with E-state index in [4.69, 9.17) is 16.4 Å². The van der Waals surface area contributed by atoms with Crippen LogP contribution < -0.4 is 5.32 Å². The first-order valence-electron chi connectivity index (χ1n) is 11.8. The number of nitrogens with one attached hydrogen (secondary N) is 1. The number of piperidine rings is 1. The number of halogens is 1. The number of rotatable bonds is 3. The third-order valence-electron chi connectivity index (χ3n) is 5.98. The molecule has 178 valence electrons. The van der Waals surface area contributed by atoms with Crippen LogP contribution in [-0.4, -0.2) is 48.7 Å². The van der Waals surface area contributed by atoms with Crippen LogP contribution in [-0.2, 0) is 16.1 Å². The monoisotopic (exact) mass is 471 g/mol. The van der Waals surface area contributed by atoms with Crippen LogP contribution in [0, 0.1) is 13.8 Å². The molecule has 0 aliphatic carbocycles. The minimum absolute atomic E-state index is 0.0430. The average Bonchev–Trinajstić information content (AvgIpc) is 2.80. The van der Waals surface area contributed by atoms with E-state index >= 15 is 0 Å². The van der Waals surface area contributed by atoms with Crippen molar-refractivity contribution in [3.05, 3.63) is 57.6 Å². The Balaban J connectivity index is 1.86. The standard InChI is InChI=1S/C26H34ClN3O3/c1-19-16-20(2)25(27)22-17-21(29-33-18-23(31)30-14-10-7-11-15-30)12-8-5-3-4-6-9-13-28-26(32)24(19)22/h4,6,8,12,16H,3,5,7,9-11,13-15,17-18H2,1-2H3,(H,28,32)/b6-4+,12-8+,29-21+. The van der Waals surface area contributed by atoms with Crippen molar-refractivity contribution in [1.29, 1.82) is 0 Å². The molecule has 0 unspecified atom stereocenters. The summed E-state index contributed by atoms with van der Waals surface area (Å²) in [7, 11) is 0. The molecule has 1 saturated heterocycles. The molecule has 1 N–H and O–H groups in total. The molecule has 2 aliphatic rings. The van der Waals surface area contributed by atoms with Crippen molar-refractivity contribution in [3.8, 4) is 0 Å². The Hall–Kier alpha value is -2.60. The van der Waals surface area contributed by atoms with Crippen LogP contribution in [0.4, 0.5) is 0 Å². The van der Waals surface area contributed by atoms with E-state index in [1.807, 2.05) is 37.0 Å². The van der Waals surface area contributed by atoms with Crippen molar-refractivity contribution in [2.24, 2.45) is 5.16 Å². The number of nitrogens with zero attached hydrogens (tertiary/aromatic N) is 2. The maximum Gasteiger partial charge on any atom is 0.263 e. The Kier molecular flexibility index (Phi) is 9.55. The van der Waals surface area contributed by atoms with Gasteiger partial charge in [0, 0.05) is 36.6 Å². The average molecular weight is 472 g/mol. The SMILES string of the molecule is Cc1cc(C)c2c(c1Cl)CC(=N/OCC(=O)N1CCCCC1)/C=C/CC/C=C/CCNC2=O. The van der Waals surface area contributed by atoms with Crippen molar-refractivity contribution in [2.45, 2.75) is 58.8 Å². The van der Waals surface area contributed by atoms with Crippen molar-refractivity contribution in [3.63, 3.8) is 0 Å². The predicted octanol–water partition coefficient (Wildman–Crippen LogP) is 4.91. The van der Waals surface area contributed by atoms with Crippen LogP contribution in [0.2, 0.25) is 5.02 Å². The number of amides is 2. The molecule has 1 aromatic rings. The van der Waals surface area contributed by atoms with Gasteiger partial charge in [0.25, 0.3) is 11.8 Å². The summed E-state index contributed by atoms with van der Waals surface area (Å²) in [5, 5.41) is 7.85. The second-order valence-corrected chi connectivity index (χ2v) is 9.03. The van der Waals surface area contributed by atoms with Gasteiger partial charge in [-0.2, -0.15) is 0 Å². The number of fused-ring (bicyclic) bond motifs is 1. The number of carbonyl (C=O) groups excluding carboxylic acids is 2. The summed E-state index contributed by atoms with van der Waals surface area (Å²) in [5.74, 6) is -0.182. The van der Waals surface area contributed by atoms with Gasteiger partial charge in [-0.05, 0) is 75.1 Å². The summed E-state index contributed by atoms with van der Waals surface area (Å²) in [4.78, 5) is 32.8. The van der Waals surface area contributed by atoms with Gasteiger partial charge in [0.1, 0.15) is 0 Å². The number of hydrogen-bond donors (Lipinski definition) is 1. The van der Waals surface area contributed by atoms with Crippen LogP contribution in [0.25, 0.3) is 0 Å². The molecule has 0 radical (unpaired) electrons. The van der Waals surface area contributed by atoms with Gasteiger partial charge in [-0.1, -0.05) is 41.1 Å². The molecule has 0 spiro atoms. The quantitative estimate of drug-likeness (QED) is 0.503. The lowest BCUT2D eigenvalue weighted by atomic mass is 9.94. The molecule has 1 aromatic carbocycles. The molecular weight excluding hydrogens is 438 g/mol. The maximum absolute atomic E-state index is 13.0. The molecule has 1 fully saturated rings. The number of aryl methyl sites for hydroxylation is 2. The Morgan fingerprint density at radius 3 is 2.61 bits per heavy atom. The summed E-state index contributed by atoms with van der Waals surface area (Å²) in [6.45, 7) is 5.90. The number of likely N-dealkylation sites (tertiary alicyclic amines) is 1. The molecule has 2 amide bonds. The maximum atomic E-state index is 13.0. The van der Waals surface area contributed by atoms with Crippen LogP contribution in [0.1, 0.15) is 65.6 Å². The Morgan fingerprint density at radius 1 is 1.09 bits per heavy atom. The second-order valence-electron chi connectivity index (χ2n) is 8.65. The Bertz CT molecular complexity index is 947. The van der Waals surface area contributed by atoms with Crippen LogP contribution in [0.15, 0.2) is 35.5 Å². The zero-order chi connectivity index (χ0) is 23.6. The van der Waals surface area contributed by atoms with E-state index in [2.05, 4.69) is 22.6 Å². The van der Waals surface area contributed by atoms with Gasteiger partial charge in [-0.25, -0.2) is 0 Å². The smallest absolute Gasteiger partial charge is 0.263 e. The highest BCUT2D eigenvalue weighted by Gasteiger charge is 2.21. The molecule has 0 atom stereocenters. The normalized spacial score (nSPS) is 21.0. The van der Waals surface area contributed by atoms with E-state index in [0.29, 0.717) is 29.3 Å². The lowest BCUT2D eigenvalue weighted by molar-refractivity contribution is -0.137. The first-order valence-corrected chi connectivity index (χ1v) is 12.2. The number of carbonyl (C=O) groups is 2. The van der Waals surface area contributed by atoms with Gasteiger partial charge < -0.3 is 15.1 Å². The first-order chi connectivity index (χ1) is 16.0. The van der Waals surface area contributed by atoms with Crippen LogP contribution >= 0.6 is 11.6 Å². The zero-order valence-corrected chi connectivity index (χ0v) is 20.4.